The lowest BCUT2D eigenvalue weighted by Gasteiger charge is -2.04. The van der Waals surface area contributed by atoms with E-state index in [1.165, 1.54) is 25.2 Å². The van der Waals surface area contributed by atoms with Gasteiger partial charge in [-0.25, -0.2) is 4.39 Å². The minimum Gasteiger partial charge on any atom is -0.263 e. The molecule has 0 N–H and O–H groups in total. The normalized spacial score (nSPS) is 11.9. The molecule has 0 fully saturated rings. The van der Waals surface area contributed by atoms with E-state index < -0.39 is 18.5 Å². The van der Waals surface area contributed by atoms with Crippen molar-refractivity contribution in [3.8, 4) is 11.3 Å². The average Bonchev–Trinajstić information content (AvgIpc) is 2.70. The first kappa shape index (κ1) is 13.9. The Hall–Kier alpha value is -1.56. The van der Waals surface area contributed by atoms with Crippen LogP contribution < -0.4 is 0 Å². The van der Waals surface area contributed by atoms with Gasteiger partial charge in [-0.15, -0.1) is 0 Å². The van der Waals surface area contributed by atoms with Gasteiger partial charge in [0.15, 0.2) is 0 Å². The third-order valence-corrected chi connectivity index (χ3v) is 2.89. The number of hydrogen-bond acceptors (Lipinski definition) is 1. The van der Waals surface area contributed by atoms with Crippen molar-refractivity contribution in [2.24, 2.45) is 7.05 Å². The summed E-state index contributed by atoms with van der Waals surface area (Å²) in [6.07, 6.45) is -4.50. The summed E-state index contributed by atoms with van der Waals surface area (Å²) in [5, 5.41) is 4.10. The summed E-state index contributed by atoms with van der Waals surface area (Å²) in [5.41, 5.74) is -0.307. The molecule has 0 spiro atoms. The molecule has 1 heterocycles. The second-order valence-corrected chi connectivity index (χ2v) is 4.41. The quantitative estimate of drug-likeness (QED) is 0.758. The van der Waals surface area contributed by atoms with Crippen molar-refractivity contribution in [2.45, 2.75) is 12.9 Å². The van der Waals surface area contributed by atoms with Gasteiger partial charge in [0.1, 0.15) is 12.4 Å². The molecule has 0 radical (unpaired) electrons. The molecule has 0 aliphatic carbocycles. The van der Waals surface area contributed by atoms with Gasteiger partial charge in [-0.1, -0.05) is 17.7 Å². The summed E-state index contributed by atoms with van der Waals surface area (Å²) >= 11 is 5.72. The van der Waals surface area contributed by atoms with Gasteiger partial charge < -0.3 is 0 Å². The molecule has 19 heavy (non-hydrogen) atoms. The van der Waals surface area contributed by atoms with Crippen LogP contribution in [-0.2, 0) is 19.9 Å². The van der Waals surface area contributed by atoms with Gasteiger partial charge in [-0.05, 0) is 23.8 Å². The summed E-state index contributed by atoms with van der Waals surface area (Å²) < 4.78 is 51.6. The monoisotopic (exact) mass is 292 g/mol. The second-order valence-electron chi connectivity index (χ2n) is 3.97. The largest absolute Gasteiger partial charge is 0.433 e. The van der Waals surface area contributed by atoms with E-state index in [2.05, 4.69) is 5.10 Å². The fourth-order valence-electron chi connectivity index (χ4n) is 1.79. The highest BCUT2D eigenvalue weighted by molar-refractivity contribution is 6.30. The van der Waals surface area contributed by atoms with E-state index in [-0.39, 0.29) is 11.3 Å². The van der Waals surface area contributed by atoms with E-state index in [1.54, 1.807) is 0 Å². The van der Waals surface area contributed by atoms with Gasteiger partial charge in [0.25, 0.3) is 0 Å². The molecule has 0 aliphatic heterocycles. The first-order valence-electron chi connectivity index (χ1n) is 5.29. The lowest BCUT2D eigenvalue weighted by Crippen LogP contribution is -2.11. The van der Waals surface area contributed by atoms with E-state index in [9.17, 15) is 17.6 Å². The minimum atomic E-state index is -4.50. The minimum absolute atomic E-state index is 0.0686. The maximum Gasteiger partial charge on any atom is 0.433 e. The lowest BCUT2D eigenvalue weighted by atomic mass is 10.1. The number of aromatic nitrogens is 2. The highest BCUT2D eigenvalue weighted by atomic mass is 35.5. The smallest absolute Gasteiger partial charge is 0.263 e. The fraction of sp³-hybridized carbons (Fsp3) is 0.250. The molecule has 0 aliphatic rings. The first-order chi connectivity index (χ1) is 8.82. The number of aryl methyl sites for hydroxylation is 1. The summed E-state index contributed by atoms with van der Waals surface area (Å²) in [6, 6.07) is 5.21. The van der Waals surface area contributed by atoms with Crippen LogP contribution in [0, 0.1) is 0 Å². The fourth-order valence-corrected chi connectivity index (χ4v) is 1.98. The molecule has 1 aromatic carbocycles. The Balaban J connectivity index is 2.54. The molecule has 1 aromatic heterocycles. The van der Waals surface area contributed by atoms with Gasteiger partial charge in [0, 0.05) is 17.6 Å². The molecule has 0 bridgehead atoms. The summed E-state index contributed by atoms with van der Waals surface area (Å²) in [7, 11) is 1.19. The molecule has 0 unspecified atom stereocenters. The maximum atomic E-state index is 12.9. The van der Waals surface area contributed by atoms with Gasteiger partial charge in [-0.3, -0.25) is 4.68 Å². The van der Waals surface area contributed by atoms with Crippen LogP contribution in [0.3, 0.4) is 0 Å². The van der Waals surface area contributed by atoms with Crippen molar-refractivity contribution in [3.05, 3.63) is 40.5 Å². The van der Waals surface area contributed by atoms with Crippen LogP contribution in [0.1, 0.15) is 11.3 Å². The molecule has 2 rings (SSSR count). The van der Waals surface area contributed by atoms with Crippen LogP contribution in [-0.4, -0.2) is 9.78 Å². The Morgan fingerprint density at radius 2 is 1.95 bits per heavy atom. The van der Waals surface area contributed by atoms with Crippen molar-refractivity contribution in [3.63, 3.8) is 0 Å². The van der Waals surface area contributed by atoms with Crippen molar-refractivity contribution in [2.75, 3.05) is 0 Å². The number of rotatable bonds is 2. The van der Waals surface area contributed by atoms with Crippen LogP contribution >= 0.6 is 11.6 Å². The van der Waals surface area contributed by atoms with Gasteiger partial charge in [0.05, 0.1) is 5.69 Å². The Morgan fingerprint density at radius 1 is 1.26 bits per heavy atom. The maximum absolute atomic E-state index is 12.9. The first-order valence-corrected chi connectivity index (χ1v) is 5.66. The van der Waals surface area contributed by atoms with E-state index in [1.807, 2.05) is 0 Å². The van der Waals surface area contributed by atoms with E-state index in [0.717, 1.165) is 10.7 Å². The predicted octanol–water partition coefficient (Wildman–Crippen LogP) is 4.23. The Morgan fingerprint density at radius 3 is 2.47 bits per heavy atom. The van der Waals surface area contributed by atoms with Crippen molar-refractivity contribution in [1.29, 1.82) is 0 Å². The third kappa shape index (κ3) is 2.73. The second kappa shape index (κ2) is 4.85. The molecule has 7 heteroatoms. The Labute approximate surface area is 111 Å². The molecule has 0 saturated heterocycles. The SMILES string of the molecule is Cn1nc(-c2ccc(Cl)cc2CF)cc1C(F)(F)F. The molecule has 0 atom stereocenters. The van der Waals surface area contributed by atoms with Gasteiger partial charge >= 0.3 is 6.18 Å². The number of halogens is 5. The topological polar surface area (TPSA) is 17.8 Å². The van der Waals surface area contributed by atoms with Crippen molar-refractivity contribution in [1.82, 2.24) is 9.78 Å². The molecule has 102 valence electrons. The van der Waals surface area contributed by atoms with Crippen LogP contribution in [0.5, 0.6) is 0 Å². The number of hydrogen-bond donors (Lipinski definition) is 0. The zero-order valence-electron chi connectivity index (χ0n) is 9.80. The van der Waals surface area contributed by atoms with Crippen LogP contribution in [0.2, 0.25) is 5.02 Å². The predicted molar refractivity (Wildman–Crippen MR) is 63.5 cm³/mol. The molecular formula is C12H9ClF4N2. The molecule has 0 amide bonds. The zero-order chi connectivity index (χ0) is 14.2. The van der Waals surface area contributed by atoms with Crippen LogP contribution in [0.4, 0.5) is 17.6 Å². The Kier molecular flexibility index (Phi) is 3.54. The summed E-state index contributed by atoms with van der Waals surface area (Å²) in [6.45, 7) is -0.826. The molecule has 0 saturated carbocycles. The molecule has 2 nitrogen and oxygen atoms in total. The van der Waals surface area contributed by atoms with Gasteiger partial charge in [-0.2, -0.15) is 18.3 Å². The van der Waals surface area contributed by atoms with Crippen molar-refractivity contribution < 1.29 is 17.6 Å². The third-order valence-electron chi connectivity index (χ3n) is 2.66. The molecule has 2 aromatic rings. The lowest BCUT2D eigenvalue weighted by molar-refractivity contribution is -0.143. The highest BCUT2D eigenvalue weighted by Gasteiger charge is 2.35. The number of alkyl halides is 4. The zero-order valence-corrected chi connectivity index (χ0v) is 10.6. The van der Waals surface area contributed by atoms with Gasteiger partial charge in [0.2, 0.25) is 0 Å². The van der Waals surface area contributed by atoms with Crippen LogP contribution in [0.25, 0.3) is 11.3 Å². The average molecular weight is 293 g/mol. The molecular weight excluding hydrogens is 284 g/mol. The van der Waals surface area contributed by atoms with E-state index >= 15 is 0 Å². The summed E-state index contributed by atoms with van der Waals surface area (Å²) in [4.78, 5) is 0. The van der Waals surface area contributed by atoms with E-state index in [0.29, 0.717) is 10.6 Å². The van der Waals surface area contributed by atoms with Crippen molar-refractivity contribution >= 4 is 11.6 Å². The van der Waals surface area contributed by atoms with E-state index in [4.69, 9.17) is 11.6 Å². The Bertz CT molecular complexity index is 604. The standard InChI is InChI=1S/C12H9ClF4N2/c1-19-11(12(15,16)17)5-10(18-19)9-3-2-8(13)4-7(9)6-14/h2-5H,6H2,1H3. The highest BCUT2D eigenvalue weighted by Crippen LogP contribution is 2.33. The summed E-state index contributed by atoms with van der Waals surface area (Å²) in [5.74, 6) is 0. The number of nitrogens with zero attached hydrogens (tertiary/aromatic N) is 2. The number of benzene rings is 1. The van der Waals surface area contributed by atoms with Crippen LogP contribution in [0.15, 0.2) is 24.3 Å².